The van der Waals surface area contributed by atoms with Crippen LogP contribution in [0.2, 0.25) is 0 Å². The minimum atomic E-state index is -0.232. The molecule has 254 valence electrons. The van der Waals surface area contributed by atoms with Gasteiger partial charge in [-0.2, -0.15) is 0 Å². The molecule has 0 amide bonds. The van der Waals surface area contributed by atoms with E-state index in [0.29, 0.717) is 16.5 Å². The van der Waals surface area contributed by atoms with Crippen LogP contribution in [0.3, 0.4) is 0 Å². The van der Waals surface area contributed by atoms with Gasteiger partial charge in [-0.1, -0.05) is 137 Å². The smallest absolute Gasteiger partial charge is 0.127 e. The Balaban J connectivity index is 1.51. The maximum absolute atomic E-state index is 9.63. The van der Waals surface area contributed by atoms with Crippen LogP contribution in [0.1, 0.15) is 82.8 Å². The topological polar surface area (TPSA) is 9.23 Å². The number of ether oxygens (including phenoxy) is 1. The van der Waals surface area contributed by atoms with Crippen molar-refractivity contribution in [3.05, 3.63) is 157 Å². The molecular formula is C50H48O. The van der Waals surface area contributed by atoms with Gasteiger partial charge in [-0.25, -0.2) is 0 Å². The van der Waals surface area contributed by atoms with Crippen LogP contribution in [0.5, 0.6) is 11.5 Å². The van der Waals surface area contributed by atoms with Crippen LogP contribution in [0, 0.1) is 0 Å². The van der Waals surface area contributed by atoms with Gasteiger partial charge in [0.05, 0.1) is 5.48 Å². The number of hydrogen-bond donors (Lipinski definition) is 0. The Kier molecular flexibility index (Phi) is 7.57. The number of hydrogen-bond acceptors (Lipinski definition) is 1. The molecule has 1 heteroatoms. The fourth-order valence-corrected chi connectivity index (χ4v) is 9.03. The molecule has 0 bridgehead atoms. The molecule has 8 rings (SSSR count). The SMILES string of the molecule is [2H]c1c([2H])c([2H])c2c(-c3cc4c(cc3-c3ccccc3)C(CC)(CC)CCC4(CC)CC)c3ccccc3c(-c3ccc(Oc4ccccc4)cc3)c2c1[2H]. The van der Waals surface area contributed by atoms with E-state index in [4.69, 9.17) is 7.48 Å². The maximum atomic E-state index is 9.63. The highest BCUT2D eigenvalue weighted by molar-refractivity contribution is 6.22. The van der Waals surface area contributed by atoms with Gasteiger partial charge >= 0.3 is 0 Å². The monoisotopic (exact) mass is 668 g/mol. The zero-order valence-electron chi connectivity index (χ0n) is 34.2. The molecule has 0 unspecified atom stereocenters. The lowest BCUT2D eigenvalue weighted by Crippen LogP contribution is -2.39. The summed E-state index contributed by atoms with van der Waals surface area (Å²) in [6, 6.07) is 40.8. The highest BCUT2D eigenvalue weighted by Gasteiger charge is 2.44. The minimum Gasteiger partial charge on any atom is -0.457 e. The highest BCUT2D eigenvalue weighted by Crippen LogP contribution is 2.56. The molecule has 0 saturated heterocycles. The Hall–Kier alpha value is -5.14. The van der Waals surface area contributed by atoms with Crippen LogP contribution in [0.4, 0.5) is 0 Å². The van der Waals surface area contributed by atoms with Crippen molar-refractivity contribution in [2.45, 2.75) is 77.0 Å². The highest BCUT2D eigenvalue weighted by atomic mass is 16.5. The molecule has 0 heterocycles. The molecule has 1 aliphatic carbocycles. The molecule has 0 radical (unpaired) electrons. The van der Waals surface area contributed by atoms with Gasteiger partial charge in [0.1, 0.15) is 11.5 Å². The molecule has 0 saturated carbocycles. The summed E-state index contributed by atoms with van der Waals surface area (Å²) in [4.78, 5) is 0. The number of para-hydroxylation sites is 1. The first kappa shape index (κ1) is 28.5. The van der Waals surface area contributed by atoms with E-state index in [1.807, 2.05) is 66.7 Å². The Morgan fingerprint density at radius 2 is 0.961 bits per heavy atom. The lowest BCUT2D eigenvalue weighted by atomic mass is 9.56. The summed E-state index contributed by atoms with van der Waals surface area (Å²) in [5.74, 6) is 1.43. The Morgan fingerprint density at radius 3 is 1.53 bits per heavy atom. The predicted octanol–water partition coefficient (Wildman–Crippen LogP) is 14.7. The van der Waals surface area contributed by atoms with Gasteiger partial charge in [-0.3, -0.25) is 0 Å². The summed E-state index contributed by atoms with van der Waals surface area (Å²) in [6.45, 7) is 9.33. The Morgan fingerprint density at radius 1 is 0.490 bits per heavy atom. The zero-order valence-corrected chi connectivity index (χ0v) is 30.2. The van der Waals surface area contributed by atoms with Crippen LogP contribution in [0.25, 0.3) is 54.9 Å². The second-order valence-corrected chi connectivity index (χ2v) is 14.3. The minimum absolute atomic E-state index is 0.0154. The maximum Gasteiger partial charge on any atom is 0.127 e. The average molecular weight is 669 g/mol. The first-order chi connectivity index (χ1) is 26.7. The molecule has 7 aromatic rings. The van der Waals surface area contributed by atoms with Crippen LogP contribution in [-0.2, 0) is 10.8 Å². The van der Waals surface area contributed by atoms with Crippen molar-refractivity contribution in [1.82, 2.24) is 0 Å². The molecule has 0 aromatic heterocycles. The number of fused-ring (bicyclic) bond motifs is 3. The summed E-state index contributed by atoms with van der Waals surface area (Å²) < 4.78 is 43.3. The zero-order chi connectivity index (χ0) is 38.5. The molecule has 0 fully saturated rings. The van der Waals surface area contributed by atoms with Gasteiger partial charge in [-0.15, -0.1) is 0 Å². The first-order valence-corrected chi connectivity index (χ1v) is 18.7. The molecule has 0 N–H and O–H groups in total. The van der Waals surface area contributed by atoms with E-state index in [1.54, 1.807) is 0 Å². The molecule has 7 aromatic carbocycles. The third-order valence-electron chi connectivity index (χ3n) is 12.2. The Labute approximate surface area is 309 Å². The standard InChI is InChI=1S/C50H48O/c1-5-49(6-2)31-32-50(7-3,8-4)46-34-44(43(33-45(46)49)35-19-11-9-12-20-35)48-41-25-17-15-23-39(41)47(40-24-16-18-26-42(40)48)36-27-29-38(30-28-36)51-37-21-13-10-14-22-37/h9-30,33-34H,5-8,31-32H2,1-4H3/i15D,17D,23D,25D. The normalized spacial score (nSPS) is 15.8. The predicted molar refractivity (Wildman–Crippen MR) is 218 cm³/mol. The van der Waals surface area contributed by atoms with Gasteiger partial charge in [0.15, 0.2) is 0 Å². The van der Waals surface area contributed by atoms with E-state index >= 15 is 0 Å². The fourth-order valence-electron chi connectivity index (χ4n) is 9.03. The third-order valence-corrected chi connectivity index (χ3v) is 12.2. The van der Waals surface area contributed by atoms with Crippen LogP contribution >= 0.6 is 0 Å². The van der Waals surface area contributed by atoms with Crippen LogP contribution < -0.4 is 4.74 Å². The van der Waals surface area contributed by atoms with E-state index < -0.39 is 0 Å². The molecule has 1 aliphatic rings. The van der Waals surface area contributed by atoms with Crippen molar-refractivity contribution in [2.24, 2.45) is 0 Å². The van der Waals surface area contributed by atoms with Crippen molar-refractivity contribution in [1.29, 1.82) is 0 Å². The summed E-state index contributed by atoms with van der Waals surface area (Å²) in [6.07, 6.45) is 6.49. The molecular weight excluding hydrogens is 617 g/mol. The van der Waals surface area contributed by atoms with Gasteiger partial charge < -0.3 is 4.74 Å². The van der Waals surface area contributed by atoms with Crippen molar-refractivity contribution in [3.8, 4) is 44.9 Å². The van der Waals surface area contributed by atoms with E-state index in [1.165, 1.54) is 11.1 Å². The average Bonchev–Trinajstić information content (AvgIpc) is 3.24. The van der Waals surface area contributed by atoms with Crippen molar-refractivity contribution < 1.29 is 10.2 Å². The second kappa shape index (κ2) is 13.5. The van der Waals surface area contributed by atoms with Crippen LogP contribution in [-0.4, -0.2) is 0 Å². The van der Waals surface area contributed by atoms with Gasteiger partial charge in [-0.05, 0) is 152 Å². The van der Waals surface area contributed by atoms with Crippen molar-refractivity contribution in [2.75, 3.05) is 0 Å². The van der Waals surface area contributed by atoms with Crippen LogP contribution in [0.15, 0.2) is 145 Å². The molecule has 1 nitrogen and oxygen atoms in total. The third kappa shape index (κ3) is 5.55. The second-order valence-electron chi connectivity index (χ2n) is 14.3. The summed E-state index contributed by atoms with van der Waals surface area (Å²) in [7, 11) is 0. The number of rotatable bonds is 9. The summed E-state index contributed by atoms with van der Waals surface area (Å²) >= 11 is 0. The van der Waals surface area contributed by atoms with Crippen molar-refractivity contribution in [3.63, 3.8) is 0 Å². The summed E-state index contributed by atoms with van der Waals surface area (Å²) in [5.41, 5.74) is 8.65. The van der Waals surface area contributed by atoms with E-state index in [9.17, 15) is 2.74 Å². The summed E-state index contributed by atoms with van der Waals surface area (Å²) in [5, 5.41) is 2.98. The Bertz CT molecular complexity index is 2530. The van der Waals surface area contributed by atoms with Gasteiger partial charge in [0, 0.05) is 0 Å². The first-order valence-electron chi connectivity index (χ1n) is 20.7. The molecule has 0 aliphatic heterocycles. The van der Waals surface area contributed by atoms with Gasteiger partial charge in [0.25, 0.3) is 0 Å². The van der Waals surface area contributed by atoms with Gasteiger partial charge in [0.2, 0.25) is 0 Å². The lowest BCUT2D eigenvalue weighted by Gasteiger charge is -2.48. The fraction of sp³-hybridized carbons (Fsp3) is 0.240. The molecule has 51 heavy (non-hydrogen) atoms. The van der Waals surface area contributed by atoms with E-state index in [0.717, 1.165) is 88.4 Å². The largest absolute Gasteiger partial charge is 0.457 e. The lowest BCUT2D eigenvalue weighted by molar-refractivity contribution is 0.240. The quantitative estimate of drug-likeness (QED) is 0.139. The molecule has 0 spiro atoms. The molecule has 0 atom stereocenters. The number of benzene rings is 7. The van der Waals surface area contributed by atoms with E-state index in [-0.39, 0.29) is 35.0 Å². The van der Waals surface area contributed by atoms with Crippen molar-refractivity contribution >= 4 is 21.5 Å². The van der Waals surface area contributed by atoms with E-state index in [2.05, 4.69) is 82.3 Å².